The number of nitrogens with zero attached hydrogens (tertiary/aromatic N) is 2. The number of amides is 1. The van der Waals surface area contributed by atoms with Gasteiger partial charge in [0.25, 0.3) is 5.91 Å². The Morgan fingerprint density at radius 2 is 1.96 bits per heavy atom. The minimum Gasteiger partial charge on any atom is -0.323 e. The average molecular weight is 358 g/mol. The van der Waals surface area contributed by atoms with Gasteiger partial charge in [0, 0.05) is 31.0 Å². The van der Waals surface area contributed by atoms with E-state index in [0.717, 1.165) is 5.75 Å². The van der Waals surface area contributed by atoms with E-state index < -0.39 is 15.8 Å². The second-order valence-corrected chi connectivity index (χ2v) is 9.36. The lowest BCUT2D eigenvalue weighted by Gasteiger charge is -2.43. The molecule has 1 aromatic rings. The van der Waals surface area contributed by atoms with Crippen molar-refractivity contribution in [2.24, 2.45) is 0 Å². The Morgan fingerprint density at radius 3 is 2.57 bits per heavy atom. The molecule has 3 rings (SSSR count). The number of hydrogen-bond donors (Lipinski definition) is 0. The van der Waals surface area contributed by atoms with Crippen LogP contribution in [0.4, 0.5) is 4.39 Å². The van der Waals surface area contributed by atoms with E-state index in [-0.39, 0.29) is 10.8 Å². The van der Waals surface area contributed by atoms with Crippen molar-refractivity contribution in [3.8, 4) is 0 Å². The van der Waals surface area contributed by atoms with Crippen LogP contribution in [0.25, 0.3) is 0 Å². The lowest BCUT2D eigenvalue weighted by molar-refractivity contribution is 0.0605. The number of thioether (sulfide) groups is 1. The normalized spacial score (nSPS) is 21.7. The quantitative estimate of drug-likeness (QED) is 0.808. The fraction of sp³-hybridized carbons (Fsp3) is 0.533. The van der Waals surface area contributed by atoms with Crippen molar-refractivity contribution in [3.63, 3.8) is 0 Å². The molecule has 1 spiro atoms. The van der Waals surface area contributed by atoms with Crippen molar-refractivity contribution in [2.75, 3.05) is 31.6 Å². The fourth-order valence-electron chi connectivity index (χ4n) is 3.25. The predicted octanol–water partition coefficient (Wildman–Crippen LogP) is 1.77. The molecule has 126 valence electrons. The summed E-state index contributed by atoms with van der Waals surface area (Å²) in [7, 11) is -3.20. The summed E-state index contributed by atoms with van der Waals surface area (Å²) in [4.78, 5) is 14.2. The van der Waals surface area contributed by atoms with Crippen LogP contribution in [-0.4, -0.2) is 60.0 Å². The number of rotatable bonds is 2. The Morgan fingerprint density at radius 1 is 1.26 bits per heavy atom. The maximum absolute atomic E-state index is 13.4. The van der Waals surface area contributed by atoms with Crippen LogP contribution in [0.3, 0.4) is 0 Å². The van der Waals surface area contributed by atoms with E-state index in [0.29, 0.717) is 38.0 Å². The van der Waals surface area contributed by atoms with E-state index in [9.17, 15) is 17.6 Å². The van der Waals surface area contributed by atoms with Gasteiger partial charge in [-0.05, 0) is 31.0 Å². The molecule has 8 heteroatoms. The highest BCUT2D eigenvalue weighted by molar-refractivity contribution is 8.00. The molecule has 0 N–H and O–H groups in total. The maximum atomic E-state index is 13.4. The lowest BCUT2D eigenvalue weighted by atomic mass is 10.0. The summed E-state index contributed by atoms with van der Waals surface area (Å²) in [6, 6.07) is 5.72. The van der Waals surface area contributed by atoms with Gasteiger partial charge in [-0.1, -0.05) is 6.07 Å². The van der Waals surface area contributed by atoms with E-state index in [1.807, 2.05) is 0 Å². The summed E-state index contributed by atoms with van der Waals surface area (Å²) in [5, 5.41) is 0. The molecule has 5 nitrogen and oxygen atoms in total. The number of sulfonamides is 1. The maximum Gasteiger partial charge on any atom is 0.255 e. The van der Waals surface area contributed by atoms with Gasteiger partial charge < -0.3 is 4.90 Å². The third kappa shape index (κ3) is 3.25. The third-order valence-electron chi connectivity index (χ3n) is 4.47. The first-order valence-electron chi connectivity index (χ1n) is 7.48. The van der Waals surface area contributed by atoms with Gasteiger partial charge in [-0.2, -0.15) is 0 Å². The zero-order chi connectivity index (χ0) is 16.7. The summed E-state index contributed by atoms with van der Waals surface area (Å²) in [6.07, 6.45) is 2.42. The van der Waals surface area contributed by atoms with Crippen molar-refractivity contribution < 1.29 is 17.6 Å². The van der Waals surface area contributed by atoms with Crippen LogP contribution >= 0.6 is 11.8 Å². The Kier molecular flexibility index (Phi) is 4.41. The summed E-state index contributed by atoms with van der Waals surface area (Å²) in [5.74, 6) is 0.214. The smallest absolute Gasteiger partial charge is 0.255 e. The van der Waals surface area contributed by atoms with Gasteiger partial charge in [-0.25, -0.2) is 17.1 Å². The van der Waals surface area contributed by atoms with E-state index in [1.165, 1.54) is 28.8 Å². The number of piperidine rings is 1. The van der Waals surface area contributed by atoms with Gasteiger partial charge in [0.2, 0.25) is 10.0 Å². The van der Waals surface area contributed by atoms with E-state index >= 15 is 0 Å². The number of hydrogen-bond acceptors (Lipinski definition) is 4. The van der Waals surface area contributed by atoms with Crippen LogP contribution in [0.1, 0.15) is 23.2 Å². The molecule has 0 radical (unpaired) electrons. The van der Waals surface area contributed by atoms with Gasteiger partial charge in [-0.15, -0.1) is 11.8 Å². The first-order valence-corrected chi connectivity index (χ1v) is 10.3. The van der Waals surface area contributed by atoms with E-state index in [2.05, 4.69) is 0 Å². The number of carbonyl (C=O) groups is 1. The molecule has 0 unspecified atom stereocenters. The van der Waals surface area contributed by atoms with Crippen LogP contribution in [0.2, 0.25) is 0 Å². The first kappa shape index (κ1) is 16.7. The molecular weight excluding hydrogens is 339 g/mol. The average Bonchev–Trinajstić information content (AvgIpc) is 2.89. The molecule has 23 heavy (non-hydrogen) atoms. The topological polar surface area (TPSA) is 57.7 Å². The van der Waals surface area contributed by atoms with Crippen molar-refractivity contribution in [1.82, 2.24) is 9.21 Å². The molecular formula is C15H19FN2O3S2. The number of halogens is 1. The van der Waals surface area contributed by atoms with Crippen LogP contribution in [0, 0.1) is 5.82 Å². The second-order valence-electron chi connectivity index (χ2n) is 5.92. The van der Waals surface area contributed by atoms with Crippen molar-refractivity contribution in [3.05, 3.63) is 35.6 Å². The molecule has 2 fully saturated rings. The largest absolute Gasteiger partial charge is 0.323 e. The molecule has 0 aromatic heterocycles. The fourth-order valence-corrected chi connectivity index (χ4v) is 5.56. The van der Waals surface area contributed by atoms with E-state index in [1.54, 1.807) is 22.7 Å². The highest BCUT2D eigenvalue weighted by Crippen LogP contribution is 2.44. The van der Waals surface area contributed by atoms with Crippen LogP contribution < -0.4 is 0 Å². The Bertz CT molecular complexity index is 715. The molecule has 0 atom stereocenters. The molecule has 2 aliphatic rings. The molecule has 1 amide bonds. The minimum atomic E-state index is -3.20. The van der Waals surface area contributed by atoms with Gasteiger partial charge in [-0.3, -0.25) is 4.79 Å². The van der Waals surface area contributed by atoms with Gasteiger partial charge in [0.15, 0.2) is 0 Å². The second kappa shape index (κ2) is 6.07. The van der Waals surface area contributed by atoms with Crippen molar-refractivity contribution >= 4 is 27.7 Å². The SMILES string of the molecule is CS(=O)(=O)N1CCC2(CC1)SCCN2C(=O)c1cccc(F)c1. The molecule has 1 aromatic carbocycles. The van der Waals surface area contributed by atoms with Crippen LogP contribution in [0.15, 0.2) is 24.3 Å². The molecule has 2 aliphatic heterocycles. The van der Waals surface area contributed by atoms with Gasteiger partial charge >= 0.3 is 0 Å². The summed E-state index contributed by atoms with van der Waals surface area (Å²) < 4.78 is 38.2. The minimum absolute atomic E-state index is 0.178. The zero-order valence-electron chi connectivity index (χ0n) is 12.9. The molecule has 0 bridgehead atoms. The zero-order valence-corrected chi connectivity index (χ0v) is 14.5. The van der Waals surface area contributed by atoms with Gasteiger partial charge in [0.1, 0.15) is 5.82 Å². The standard InChI is InChI=1S/C15H19FN2O3S2/c1-23(20,21)17-7-5-15(6-8-17)18(9-10-22-15)14(19)12-3-2-4-13(16)11-12/h2-4,11H,5-10H2,1H3. The van der Waals surface area contributed by atoms with Crippen molar-refractivity contribution in [1.29, 1.82) is 0 Å². The van der Waals surface area contributed by atoms with E-state index in [4.69, 9.17) is 0 Å². The molecule has 0 aliphatic carbocycles. The monoisotopic (exact) mass is 358 g/mol. The lowest BCUT2D eigenvalue weighted by Crippen LogP contribution is -2.53. The van der Waals surface area contributed by atoms with Crippen molar-refractivity contribution in [2.45, 2.75) is 17.7 Å². The Labute approximate surface area is 139 Å². The first-order chi connectivity index (χ1) is 10.8. The number of benzene rings is 1. The Hall–Kier alpha value is -1.12. The molecule has 0 saturated carbocycles. The van der Waals surface area contributed by atoms with Crippen LogP contribution in [-0.2, 0) is 10.0 Å². The molecule has 2 heterocycles. The summed E-state index contributed by atoms with van der Waals surface area (Å²) >= 11 is 1.70. The summed E-state index contributed by atoms with van der Waals surface area (Å²) in [6.45, 7) is 1.44. The van der Waals surface area contributed by atoms with Crippen LogP contribution in [0.5, 0.6) is 0 Å². The summed E-state index contributed by atoms with van der Waals surface area (Å²) in [5.41, 5.74) is 0.345. The third-order valence-corrected chi connectivity index (χ3v) is 7.32. The number of carbonyl (C=O) groups excluding carboxylic acids is 1. The van der Waals surface area contributed by atoms with Gasteiger partial charge in [0.05, 0.1) is 11.1 Å². The molecule has 2 saturated heterocycles. The highest BCUT2D eigenvalue weighted by Gasteiger charge is 2.47. The predicted molar refractivity (Wildman–Crippen MR) is 88.3 cm³/mol. The Balaban J connectivity index is 1.80. The highest BCUT2D eigenvalue weighted by atomic mass is 32.2.